The summed E-state index contributed by atoms with van der Waals surface area (Å²) < 4.78 is 6.11. The van der Waals surface area contributed by atoms with Crippen molar-refractivity contribution in [3.05, 3.63) is 21.3 Å². The number of amides is 1. The highest BCUT2D eigenvalue weighted by Gasteiger charge is 2.25. The summed E-state index contributed by atoms with van der Waals surface area (Å²) in [6, 6.07) is 2.53. The Kier molecular flexibility index (Phi) is 6.84. The number of carboxylic acids is 1. The Morgan fingerprint density at radius 1 is 1.41 bits per heavy atom. The second-order valence-corrected chi connectivity index (χ2v) is 7.76. The Morgan fingerprint density at radius 3 is 2.50 bits per heavy atom. The molecule has 124 valence electrons. The minimum Gasteiger partial charge on any atom is -0.480 e. The molecule has 0 aliphatic rings. The summed E-state index contributed by atoms with van der Waals surface area (Å²) in [5, 5.41) is 11.8. The maximum atomic E-state index is 12.2. The Labute approximate surface area is 139 Å². The van der Waals surface area contributed by atoms with Crippen molar-refractivity contribution in [2.45, 2.75) is 51.7 Å². The summed E-state index contributed by atoms with van der Waals surface area (Å²) in [5.74, 6) is -1.84. The molecule has 2 unspecified atom stereocenters. The lowest BCUT2D eigenvalue weighted by Gasteiger charge is -2.22. The number of halogens is 1. The molecule has 0 spiro atoms. The quantitative estimate of drug-likeness (QED) is 0.793. The lowest BCUT2D eigenvalue weighted by atomic mass is 10.1. The van der Waals surface area contributed by atoms with Gasteiger partial charge in [0.2, 0.25) is 5.91 Å². The van der Waals surface area contributed by atoms with Crippen LogP contribution in [0.25, 0.3) is 0 Å². The Morgan fingerprint density at radius 2 is 2.05 bits per heavy atom. The van der Waals surface area contributed by atoms with E-state index >= 15 is 0 Å². The zero-order valence-electron chi connectivity index (χ0n) is 13.2. The van der Waals surface area contributed by atoms with Crippen LogP contribution in [0.3, 0.4) is 0 Å². The second kappa shape index (κ2) is 7.94. The third-order valence-electron chi connectivity index (χ3n) is 2.97. The maximum absolute atomic E-state index is 12.2. The number of carbonyl (C=O) groups excluding carboxylic acids is 1. The van der Waals surface area contributed by atoms with E-state index < -0.39 is 17.9 Å². The minimum atomic E-state index is -1.07. The molecule has 1 heterocycles. The number of carboxylic acid groups (broad SMARTS) is 1. The van der Waals surface area contributed by atoms with Gasteiger partial charge in [-0.3, -0.25) is 4.79 Å². The van der Waals surface area contributed by atoms with Gasteiger partial charge in [0.25, 0.3) is 0 Å². The molecule has 1 amide bonds. The molecule has 0 saturated carbocycles. The zero-order valence-corrected chi connectivity index (χ0v) is 14.8. The molecule has 0 aliphatic carbocycles. The van der Waals surface area contributed by atoms with Crippen molar-refractivity contribution < 1.29 is 19.4 Å². The molecule has 0 aliphatic heterocycles. The van der Waals surface area contributed by atoms with Crippen LogP contribution in [0.2, 0.25) is 4.34 Å². The molecule has 0 fully saturated rings. The molecule has 0 saturated heterocycles. The maximum Gasteiger partial charge on any atom is 0.326 e. The molecule has 1 aromatic rings. The molecule has 1 rings (SSSR count). The van der Waals surface area contributed by atoms with Crippen LogP contribution in [0.15, 0.2) is 12.1 Å². The van der Waals surface area contributed by atoms with Gasteiger partial charge in [-0.25, -0.2) is 4.79 Å². The summed E-state index contributed by atoms with van der Waals surface area (Å²) in [5.41, 5.74) is -0.339. The normalized spacial score (nSPS) is 14.4. The van der Waals surface area contributed by atoms with Crippen molar-refractivity contribution in [3.8, 4) is 0 Å². The van der Waals surface area contributed by atoms with Crippen LogP contribution in [0.1, 0.15) is 44.9 Å². The average Bonchev–Trinajstić information content (AvgIpc) is 2.81. The van der Waals surface area contributed by atoms with E-state index in [4.69, 9.17) is 16.3 Å². The van der Waals surface area contributed by atoms with E-state index in [0.29, 0.717) is 4.34 Å². The molecule has 1 aromatic heterocycles. The third-order valence-corrected chi connectivity index (χ3v) is 4.38. The summed E-state index contributed by atoms with van der Waals surface area (Å²) >= 11 is 7.17. The van der Waals surface area contributed by atoms with Gasteiger partial charge in [-0.1, -0.05) is 11.6 Å². The van der Waals surface area contributed by atoms with E-state index in [1.807, 2.05) is 20.8 Å². The first kappa shape index (κ1) is 18.9. The number of nitrogens with one attached hydrogen (secondary N) is 1. The Hall–Kier alpha value is -1.11. The number of hydrogen-bond donors (Lipinski definition) is 2. The Balaban J connectivity index is 2.58. The number of rotatable bonds is 7. The largest absolute Gasteiger partial charge is 0.480 e. The van der Waals surface area contributed by atoms with E-state index in [-0.39, 0.29) is 24.5 Å². The van der Waals surface area contributed by atoms with E-state index in [1.54, 1.807) is 19.1 Å². The molecule has 0 bridgehead atoms. The smallest absolute Gasteiger partial charge is 0.326 e. The van der Waals surface area contributed by atoms with Gasteiger partial charge in [-0.05, 0) is 39.8 Å². The van der Waals surface area contributed by atoms with Crippen LogP contribution in [0.4, 0.5) is 0 Å². The molecular formula is C15H22ClNO4S. The number of carbonyl (C=O) groups is 2. The number of thiophene rings is 1. The van der Waals surface area contributed by atoms with Gasteiger partial charge in [0.05, 0.1) is 15.9 Å². The van der Waals surface area contributed by atoms with Gasteiger partial charge in [-0.15, -0.1) is 11.3 Å². The molecule has 0 radical (unpaired) electrons. The highest BCUT2D eigenvalue weighted by molar-refractivity contribution is 7.16. The first-order chi connectivity index (χ1) is 10.1. The van der Waals surface area contributed by atoms with Crippen LogP contribution < -0.4 is 5.32 Å². The van der Waals surface area contributed by atoms with Crippen molar-refractivity contribution in [1.82, 2.24) is 5.32 Å². The highest BCUT2D eigenvalue weighted by atomic mass is 35.5. The fourth-order valence-electron chi connectivity index (χ4n) is 1.73. The second-order valence-electron chi connectivity index (χ2n) is 6.01. The molecule has 5 nitrogen and oxygen atoms in total. The van der Waals surface area contributed by atoms with Crippen LogP contribution >= 0.6 is 22.9 Å². The molecular weight excluding hydrogens is 326 g/mol. The van der Waals surface area contributed by atoms with Crippen molar-refractivity contribution in [3.63, 3.8) is 0 Å². The predicted octanol–water partition coefficient (Wildman–Crippen LogP) is 3.28. The van der Waals surface area contributed by atoms with Gasteiger partial charge in [-0.2, -0.15) is 0 Å². The zero-order chi connectivity index (χ0) is 16.9. The predicted molar refractivity (Wildman–Crippen MR) is 87.6 cm³/mol. The molecule has 2 atom stereocenters. The standard InChI is InChI=1S/C15H22ClNO4S/c1-9(11-5-6-12(16)22-11)13(18)17-10(14(19)20)7-8-21-15(2,3)4/h5-6,9-10H,7-8H2,1-4H3,(H,17,18)(H,19,20). The third kappa shape index (κ3) is 6.34. The summed E-state index contributed by atoms with van der Waals surface area (Å²) in [6.07, 6.45) is 0.219. The van der Waals surface area contributed by atoms with Crippen molar-refractivity contribution in [1.29, 1.82) is 0 Å². The van der Waals surface area contributed by atoms with Gasteiger partial charge < -0.3 is 15.2 Å². The fourth-order valence-corrected chi connectivity index (χ4v) is 2.84. The number of ether oxygens (including phenoxy) is 1. The van der Waals surface area contributed by atoms with Crippen LogP contribution in [0.5, 0.6) is 0 Å². The van der Waals surface area contributed by atoms with E-state index in [0.717, 1.165) is 4.88 Å². The number of aliphatic carboxylic acids is 1. The molecule has 2 N–H and O–H groups in total. The topological polar surface area (TPSA) is 75.6 Å². The van der Waals surface area contributed by atoms with Gasteiger partial charge in [0, 0.05) is 17.9 Å². The van der Waals surface area contributed by atoms with E-state index in [2.05, 4.69) is 5.32 Å². The summed E-state index contributed by atoms with van der Waals surface area (Å²) in [7, 11) is 0. The first-order valence-corrected chi connectivity index (χ1v) is 8.22. The molecule has 7 heteroatoms. The van der Waals surface area contributed by atoms with Crippen LogP contribution in [-0.2, 0) is 14.3 Å². The lowest BCUT2D eigenvalue weighted by molar-refractivity contribution is -0.143. The lowest BCUT2D eigenvalue weighted by Crippen LogP contribution is -2.43. The van der Waals surface area contributed by atoms with Crippen molar-refractivity contribution in [2.24, 2.45) is 0 Å². The molecule has 22 heavy (non-hydrogen) atoms. The summed E-state index contributed by atoms with van der Waals surface area (Å²) in [6.45, 7) is 7.67. The van der Waals surface area contributed by atoms with E-state index in [1.165, 1.54) is 11.3 Å². The molecule has 0 aromatic carbocycles. The summed E-state index contributed by atoms with van der Waals surface area (Å²) in [4.78, 5) is 24.2. The Bertz CT molecular complexity index is 524. The monoisotopic (exact) mass is 347 g/mol. The van der Waals surface area contributed by atoms with Gasteiger partial charge in [0.1, 0.15) is 6.04 Å². The van der Waals surface area contributed by atoms with Gasteiger partial charge in [0.15, 0.2) is 0 Å². The van der Waals surface area contributed by atoms with Gasteiger partial charge >= 0.3 is 5.97 Å². The van der Waals surface area contributed by atoms with Crippen LogP contribution in [0, 0.1) is 0 Å². The number of hydrogen-bond acceptors (Lipinski definition) is 4. The first-order valence-electron chi connectivity index (χ1n) is 7.02. The van der Waals surface area contributed by atoms with E-state index in [9.17, 15) is 14.7 Å². The van der Waals surface area contributed by atoms with Crippen LogP contribution in [-0.4, -0.2) is 35.2 Å². The highest BCUT2D eigenvalue weighted by Crippen LogP contribution is 2.28. The minimum absolute atomic E-state index is 0.219. The van der Waals surface area contributed by atoms with Crippen molar-refractivity contribution in [2.75, 3.05) is 6.61 Å². The SMILES string of the molecule is CC(C(=O)NC(CCOC(C)(C)C)C(=O)O)c1ccc(Cl)s1. The average molecular weight is 348 g/mol. The van der Waals surface area contributed by atoms with Crippen molar-refractivity contribution >= 4 is 34.8 Å². The fraction of sp³-hybridized carbons (Fsp3) is 0.600.